The fourth-order valence-electron chi connectivity index (χ4n) is 9.69. The molecular weight excluding hydrogens is 1020 g/mol. The average Bonchev–Trinajstić information content (AvgIpc) is 3.34. The molecule has 24 heteroatoms. The maximum absolute atomic E-state index is 12.3. The Balaban J connectivity index is 1.27. The first kappa shape index (κ1) is 58.2. The molecule has 0 amide bonds. The zero-order chi connectivity index (χ0) is 53.1. The molecule has 4 saturated heterocycles. The highest BCUT2D eigenvalue weighted by atomic mass is 35.6. The van der Waals surface area contributed by atoms with Crippen LogP contribution in [-0.4, -0.2) is 127 Å². The lowest BCUT2D eigenvalue weighted by molar-refractivity contribution is -0.360. The highest BCUT2D eigenvalue weighted by molar-refractivity contribution is 6.76. The van der Waals surface area contributed by atoms with Gasteiger partial charge in [0.25, 0.3) is 3.79 Å². The summed E-state index contributed by atoms with van der Waals surface area (Å²) in [6, 6.07) is 17.2. The number of esters is 2. The number of rotatable bonds is 19. The van der Waals surface area contributed by atoms with E-state index >= 15 is 0 Å². The summed E-state index contributed by atoms with van der Waals surface area (Å²) < 4.78 is 74.0. The third-order valence-electron chi connectivity index (χ3n) is 13.9. The lowest BCUT2D eigenvalue weighted by Gasteiger charge is -2.51. The molecule has 4 fully saturated rings. The predicted octanol–water partition coefficient (Wildman–Crippen LogP) is 9.28. The first-order chi connectivity index (χ1) is 34.7. The molecule has 21 nitrogen and oxygen atoms in total. The maximum Gasteiger partial charge on any atom is 0.302 e. The van der Waals surface area contributed by atoms with Gasteiger partial charge in [0.05, 0.1) is 55.9 Å². The van der Waals surface area contributed by atoms with Crippen LogP contribution in [0.3, 0.4) is 0 Å². The van der Waals surface area contributed by atoms with Crippen LogP contribution in [0.5, 0.6) is 0 Å². The number of hydrogen-bond acceptors (Lipinski definition) is 17. The molecule has 0 radical (unpaired) electrons. The van der Waals surface area contributed by atoms with E-state index in [1.165, 1.54) is 13.8 Å². The van der Waals surface area contributed by atoms with Gasteiger partial charge in [-0.3, -0.25) is 15.0 Å². The van der Waals surface area contributed by atoms with Gasteiger partial charge in [-0.15, -0.1) is 0 Å². The van der Waals surface area contributed by atoms with Crippen LogP contribution >= 0.6 is 34.8 Å². The summed E-state index contributed by atoms with van der Waals surface area (Å²) in [5, 5.41) is 16.3. The summed E-state index contributed by atoms with van der Waals surface area (Å²) in [7, 11) is 0. The van der Waals surface area contributed by atoms with Crippen LogP contribution < -0.4 is 0 Å². The van der Waals surface area contributed by atoms with E-state index in [0.717, 1.165) is 11.1 Å². The maximum atomic E-state index is 12.3. The number of hydrogen-bond donors (Lipinski definition) is 1. The highest BCUT2D eigenvalue weighted by Gasteiger charge is 2.54. The molecule has 20 atom stereocenters. The number of carbonyl (C=O) groups is 2. The summed E-state index contributed by atoms with van der Waals surface area (Å²) in [5.74, 6) is -4.18. The van der Waals surface area contributed by atoms with Gasteiger partial charge in [-0.2, -0.15) is 0 Å². The Labute approximate surface area is 440 Å². The fourth-order valence-corrected chi connectivity index (χ4v) is 9.82. The van der Waals surface area contributed by atoms with Crippen molar-refractivity contribution in [3.05, 3.63) is 92.7 Å². The van der Waals surface area contributed by atoms with Gasteiger partial charge in [0.15, 0.2) is 18.9 Å². The van der Waals surface area contributed by atoms with Gasteiger partial charge in [0.1, 0.15) is 37.6 Å². The van der Waals surface area contributed by atoms with E-state index in [9.17, 15) is 20.7 Å². The van der Waals surface area contributed by atoms with Crippen molar-refractivity contribution in [3.8, 4) is 0 Å². The second-order valence-electron chi connectivity index (χ2n) is 19.1. The summed E-state index contributed by atoms with van der Waals surface area (Å²) in [6.07, 6.45) is -11.4. The van der Waals surface area contributed by atoms with Crippen molar-refractivity contribution in [3.63, 3.8) is 0 Å². The van der Waals surface area contributed by atoms with Crippen molar-refractivity contribution in [1.29, 1.82) is 5.41 Å². The zero-order valence-corrected chi connectivity index (χ0v) is 44.4. The largest absolute Gasteiger partial charge is 0.463 e. The number of alkyl halides is 3. The molecule has 0 aromatic heterocycles. The number of ether oxygens (including phenoxy) is 12. The molecule has 73 heavy (non-hydrogen) atoms. The van der Waals surface area contributed by atoms with Crippen molar-refractivity contribution >= 4 is 52.6 Å². The van der Waals surface area contributed by atoms with Crippen molar-refractivity contribution in [2.24, 2.45) is 39.8 Å². The van der Waals surface area contributed by atoms with Crippen LogP contribution in [0.4, 0.5) is 0 Å². The minimum absolute atomic E-state index is 0.0216. The summed E-state index contributed by atoms with van der Waals surface area (Å²) >= 11 is 17.8. The van der Waals surface area contributed by atoms with E-state index < -0.39 is 119 Å². The summed E-state index contributed by atoms with van der Waals surface area (Å²) in [4.78, 5) is 30.6. The van der Waals surface area contributed by atoms with Gasteiger partial charge in [0, 0.05) is 41.4 Å². The standard InChI is InChI=1S/C49H66Cl3N7O14/c1-24-29(6)66-44(27(4)39(24)64-20-33-16-12-10-13-17-33)70-40-25(2)37(56-58-54)46(68-35(40)22-62-31(8)60)72-43-30(7)67-45(28(5)42(43)65-21-34-18-14-11-15-19-34)71-41-26(3)38(57-59-55)47(73-48(53)49(50,51)52)69-36(41)23-63-32(9)61/h10-19,24-30,35-47,53H,20-23H2,1-9H3/t24-,25-,26-,27?,28?,29?,30?,35?,36?,37?,38?,39-,40+,41+,42+,43+,44+,45+,46+,47?/m1/s1. The van der Waals surface area contributed by atoms with Crippen molar-refractivity contribution in [1.82, 2.24) is 0 Å². The van der Waals surface area contributed by atoms with Crippen molar-refractivity contribution in [2.45, 2.75) is 171 Å². The average molecular weight is 1080 g/mol. The second-order valence-corrected chi connectivity index (χ2v) is 21.3. The van der Waals surface area contributed by atoms with Crippen LogP contribution in [0, 0.1) is 35.0 Å². The topological polar surface area (TPSA) is 266 Å². The fraction of sp³-hybridized carbons (Fsp3) is 0.694. The predicted molar refractivity (Wildman–Crippen MR) is 265 cm³/mol. The Kier molecular flexibility index (Phi) is 21.3. The van der Waals surface area contributed by atoms with E-state index in [2.05, 4.69) is 27.0 Å². The monoisotopic (exact) mass is 1080 g/mol. The van der Waals surface area contributed by atoms with Crippen molar-refractivity contribution in [2.75, 3.05) is 13.2 Å². The van der Waals surface area contributed by atoms with Gasteiger partial charge < -0.3 is 56.8 Å². The molecule has 2 aromatic rings. The summed E-state index contributed by atoms with van der Waals surface area (Å²) in [6.45, 7) is 15.7. The van der Waals surface area contributed by atoms with Gasteiger partial charge in [-0.05, 0) is 47.9 Å². The van der Waals surface area contributed by atoms with E-state index in [-0.39, 0.29) is 43.9 Å². The Hall–Kier alpha value is -4.02. The second kappa shape index (κ2) is 26.6. The number of benzene rings is 2. The van der Waals surface area contributed by atoms with E-state index in [0.29, 0.717) is 6.61 Å². The van der Waals surface area contributed by atoms with Crippen molar-refractivity contribution < 1.29 is 66.4 Å². The molecular formula is C49H66Cl3N7O14. The normalized spacial score (nSPS) is 36.7. The minimum Gasteiger partial charge on any atom is -0.463 e. The molecule has 0 bridgehead atoms. The molecule has 9 unspecified atom stereocenters. The molecule has 4 heterocycles. The Morgan fingerprint density at radius 3 is 1.47 bits per heavy atom. The summed E-state index contributed by atoms with van der Waals surface area (Å²) in [5.41, 5.74) is 21.5. The molecule has 6 rings (SSSR count). The van der Waals surface area contributed by atoms with Crippen LogP contribution in [0.1, 0.15) is 73.4 Å². The van der Waals surface area contributed by atoms with Crippen LogP contribution in [-0.2, 0) is 79.6 Å². The zero-order valence-electron chi connectivity index (χ0n) is 42.2. The third kappa shape index (κ3) is 15.1. The molecule has 0 saturated carbocycles. The molecule has 0 aliphatic carbocycles. The minimum atomic E-state index is -2.27. The third-order valence-corrected chi connectivity index (χ3v) is 14.4. The first-order valence-electron chi connectivity index (χ1n) is 24.3. The Morgan fingerprint density at radius 1 is 0.575 bits per heavy atom. The van der Waals surface area contributed by atoms with E-state index in [1.807, 2.05) is 88.4 Å². The lowest BCUT2D eigenvalue weighted by atomic mass is 9.85. The van der Waals surface area contributed by atoms with Gasteiger partial charge in [-0.25, -0.2) is 0 Å². The Bertz CT molecular complexity index is 2230. The number of halogens is 3. The Morgan fingerprint density at radius 2 is 1.00 bits per heavy atom. The van der Waals surface area contributed by atoms with E-state index in [1.54, 1.807) is 13.8 Å². The molecule has 0 spiro atoms. The van der Waals surface area contributed by atoms with Gasteiger partial charge >= 0.3 is 11.9 Å². The molecule has 402 valence electrons. The number of nitrogens with zero attached hydrogens (tertiary/aromatic N) is 6. The van der Waals surface area contributed by atoms with E-state index in [4.69, 9.17) is 97.1 Å². The highest BCUT2D eigenvalue weighted by Crippen LogP contribution is 2.42. The smallest absolute Gasteiger partial charge is 0.302 e. The van der Waals surface area contributed by atoms with Gasteiger partial charge in [0.2, 0.25) is 12.2 Å². The number of azide groups is 2. The van der Waals surface area contributed by atoms with Gasteiger partial charge in [-0.1, -0.05) is 140 Å². The lowest BCUT2D eigenvalue weighted by Crippen LogP contribution is -2.63. The molecule has 2 aromatic carbocycles. The molecule has 4 aliphatic heterocycles. The SMILES string of the molecule is CC(=O)OCC1OC(OC(=N)C(Cl)(Cl)Cl)C(N=[N+]=[N-])[C@@H](C)[C@@H]1O[C@@H]1OC(C)[C@H](O[C@@H]2OC(COC(C)=O)[C@@H](O[C@@H]3OC(C)[C@@H](C)[C@@H](OCc4ccccc4)C3C)[C@H](C)C2N=[N+]=[N-])[C@@H](OCc2ccccc2)C1C. The molecule has 4 aliphatic rings. The first-order valence-corrected chi connectivity index (χ1v) is 25.4. The molecule has 1 N–H and O–H groups in total. The number of carbonyl (C=O) groups excluding carboxylic acids is 2. The quantitative estimate of drug-likeness (QED) is 0.0261. The van der Waals surface area contributed by atoms with Crippen LogP contribution in [0.25, 0.3) is 20.9 Å². The van der Waals surface area contributed by atoms with Crippen LogP contribution in [0.15, 0.2) is 70.9 Å². The van der Waals surface area contributed by atoms with Crippen LogP contribution in [0.2, 0.25) is 0 Å². The number of nitrogens with one attached hydrogen (secondary N) is 1.